The summed E-state index contributed by atoms with van der Waals surface area (Å²) in [6, 6.07) is 9.89. The molecule has 1 atom stereocenters. The SMILES string of the molecule is CCCCOC[C@@H]1CN(c2ccccc2)C(=O)CS1. The molecule has 4 heteroatoms. The Kier molecular flexibility index (Phi) is 5.73. The molecule has 1 fully saturated rings. The minimum atomic E-state index is 0.195. The number of unbranched alkanes of at least 4 members (excludes halogenated alkanes) is 1. The van der Waals surface area contributed by atoms with Gasteiger partial charge in [-0.05, 0) is 18.6 Å². The van der Waals surface area contributed by atoms with Crippen molar-refractivity contribution in [3.05, 3.63) is 30.3 Å². The molecule has 1 aromatic carbocycles. The third-order valence-corrected chi connectivity index (χ3v) is 4.31. The van der Waals surface area contributed by atoms with Crippen LogP contribution in [0.15, 0.2) is 30.3 Å². The molecule has 0 unspecified atom stereocenters. The van der Waals surface area contributed by atoms with E-state index in [1.54, 1.807) is 11.8 Å². The minimum Gasteiger partial charge on any atom is -0.380 e. The van der Waals surface area contributed by atoms with Crippen LogP contribution in [0.5, 0.6) is 0 Å². The molecule has 0 spiro atoms. The van der Waals surface area contributed by atoms with Crippen LogP contribution in [0.25, 0.3) is 0 Å². The van der Waals surface area contributed by atoms with Crippen molar-refractivity contribution in [2.75, 3.05) is 30.4 Å². The number of benzene rings is 1. The fourth-order valence-corrected chi connectivity index (χ4v) is 3.03. The lowest BCUT2D eigenvalue weighted by Gasteiger charge is -2.32. The molecule has 19 heavy (non-hydrogen) atoms. The number of anilines is 1. The standard InChI is InChI=1S/C15H21NO2S/c1-2-3-9-18-11-14-10-16(15(17)12-19-14)13-7-5-4-6-8-13/h4-8,14H,2-3,9-12H2,1H3/t14-/m0/s1. The maximum absolute atomic E-state index is 12.0. The number of para-hydroxylation sites is 1. The van der Waals surface area contributed by atoms with Crippen LogP contribution in [0.4, 0.5) is 5.69 Å². The van der Waals surface area contributed by atoms with E-state index >= 15 is 0 Å². The van der Waals surface area contributed by atoms with Gasteiger partial charge in [-0.1, -0.05) is 31.5 Å². The summed E-state index contributed by atoms with van der Waals surface area (Å²) in [4.78, 5) is 13.9. The highest BCUT2D eigenvalue weighted by Gasteiger charge is 2.27. The lowest BCUT2D eigenvalue weighted by atomic mass is 10.2. The fourth-order valence-electron chi connectivity index (χ4n) is 2.04. The number of amides is 1. The fraction of sp³-hybridized carbons (Fsp3) is 0.533. The van der Waals surface area contributed by atoms with Crippen LogP contribution >= 0.6 is 11.8 Å². The van der Waals surface area contributed by atoms with Gasteiger partial charge in [0.1, 0.15) is 0 Å². The van der Waals surface area contributed by atoms with Gasteiger partial charge in [0.2, 0.25) is 5.91 Å². The topological polar surface area (TPSA) is 29.5 Å². The quantitative estimate of drug-likeness (QED) is 0.750. The van der Waals surface area contributed by atoms with E-state index in [0.29, 0.717) is 11.0 Å². The highest BCUT2D eigenvalue weighted by Crippen LogP contribution is 2.25. The average Bonchev–Trinajstić information content (AvgIpc) is 2.46. The number of carbonyl (C=O) groups excluding carboxylic acids is 1. The first-order valence-corrected chi connectivity index (χ1v) is 7.91. The number of rotatable bonds is 6. The van der Waals surface area contributed by atoms with Crippen molar-refractivity contribution < 1.29 is 9.53 Å². The Morgan fingerprint density at radius 1 is 1.37 bits per heavy atom. The van der Waals surface area contributed by atoms with Gasteiger partial charge in [0.15, 0.2) is 0 Å². The summed E-state index contributed by atoms with van der Waals surface area (Å²) in [7, 11) is 0. The van der Waals surface area contributed by atoms with Crippen LogP contribution in [0.2, 0.25) is 0 Å². The molecule has 1 aliphatic rings. The van der Waals surface area contributed by atoms with Crippen molar-refractivity contribution in [3.8, 4) is 0 Å². The van der Waals surface area contributed by atoms with Crippen LogP contribution in [-0.2, 0) is 9.53 Å². The summed E-state index contributed by atoms with van der Waals surface area (Å²) in [5.74, 6) is 0.748. The van der Waals surface area contributed by atoms with Gasteiger partial charge in [0.05, 0.1) is 12.4 Å². The molecule has 0 radical (unpaired) electrons. The molecule has 1 aromatic rings. The summed E-state index contributed by atoms with van der Waals surface area (Å²) < 4.78 is 5.67. The number of ether oxygens (including phenoxy) is 1. The summed E-state index contributed by atoms with van der Waals surface area (Å²) in [6.07, 6.45) is 2.27. The molecular weight excluding hydrogens is 258 g/mol. The molecule has 0 bridgehead atoms. The molecule has 1 heterocycles. The van der Waals surface area contributed by atoms with E-state index in [-0.39, 0.29) is 5.91 Å². The molecule has 0 aliphatic carbocycles. The van der Waals surface area contributed by atoms with Crippen LogP contribution in [-0.4, -0.2) is 36.7 Å². The summed E-state index contributed by atoms with van der Waals surface area (Å²) in [6.45, 7) is 4.47. The van der Waals surface area contributed by atoms with Crippen LogP contribution in [0, 0.1) is 0 Å². The molecule has 104 valence electrons. The zero-order valence-corrected chi connectivity index (χ0v) is 12.2. The number of carbonyl (C=O) groups is 1. The molecule has 0 aromatic heterocycles. The predicted octanol–water partition coefficient (Wildman–Crippen LogP) is 2.95. The van der Waals surface area contributed by atoms with Crippen LogP contribution in [0.1, 0.15) is 19.8 Å². The molecule has 0 saturated carbocycles. The minimum absolute atomic E-state index is 0.195. The number of thioether (sulfide) groups is 1. The number of hydrogen-bond donors (Lipinski definition) is 0. The monoisotopic (exact) mass is 279 g/mol. The van der Waals surface area contributed by atoms with Gasteiger partial charge < -0.3 is 9.64 Å². The first-order valence-electron chi connectivity index (χ1n) is 6.86. The van der Waals surface area contributed by atoms with Gasteiger partial charge in [0, 0.05) is 24.1 Å². The molecule has 1 aliphatic heterocycles. The Morgan fingerprint density at radius 2 is 2.16 bits per heavy atom. The van der Waals surface area contributed by atoms with Gasteiger partial charge in [-0.15, -0.1) is 11.8 Å². The predicted molar refractivity (Wildman–Crippen MR) is 80.8 cm³/mol. The van der Waals surface area contributed by atoms with Gasteiger partial charge >= 0.3 is 0 Å². The Morgan fingerprint density at radius 3 is 2.89 bits per heavy atom. The Hall–Kier alpha value is -1.000. The molecule has 1 amide bonds. The second-order valence-electron chi connectivity index (χ2n) is 4.70. The Balaban J connectivity index is 1.88. The third-order valence-electron chi connectivity index (χ3n) is 3.14. The first kappa shape index (κ1) is 14.4. The molecule has 3 nitrogen and oxygen atoms in total. The largest absolute Gasteiger partial charge is 0.380 e. The van der Waals surface area contributed by atoms with Crippen LogP contribution < -0.4 is 4.90 Å². The van der Waals surface area contributed by atoms with Gasteiger partial charge in [-0.3, -0.25) is 4.79 Å². The lowest BCUT2D eigenvalue weighted by Crippen LogP contribution is -2.44. The first-order chi connectivity index (χ1) is 9.31. The highest BCUT2D eigenvalue weighted by atomic mass is 32.2. The zero-order chi connectivity index (χ0) is 13.5. The van der Waals surface area contributed by atoms with Gasteiger partial charge in [-0.2, -0.15) is 0 Å². The van der Waals surface area contributed by atoms with E-state index < -0.39 is 0 Å². The van der Waals surface area contributed by atoms with Crippen molar-refractivity contribution in [2.45, 2.75) is 25.0 Å². The Labute approximate surface area is 119 Å². The van der Waals surface area contributed by atoms with Gasteiger partial charge in [0.25, 0.3) is 0 Å². The second kappa shape index (κ2) is 7.56. The van der Waals surface area contributed by atoms with E-state index in [4.69, 9.17) is 4.74 Å². The van der Waals surface area contributed by atoms with E-state index in [0.717, 1.165) is 38.3 Å². The van der Waals surface area contributed by atoms with Crippen molar-refractivity contribution in [1.82, 2.24) is 0 Å². The second-order valence-corrected chi connectivity index (χ2v) is 5.99. The number of hydrogen-bond acceptors (Lipinski definition) is 3. The summed E-state index contributed by atoms with van der Waals surface area (Å²) in [5, 5.41) is 0.384. The van der Waals surface area contributed by atoms with Crippen molar-refractivity contribution in [2.24, 2.45) is 0 Å². The van der Waals surface area contributed by atoms with E-state index in [1.807, 2.05) is 35.2 Å². The van der Waals surface area contributed by atoms with E-state index in [9.17, 15) is 4.79 Å². The summed E-state index contributed by atoms with van der Waals surface area (Å²) in [5.41, 5.74) is 0.992. The van der Waals surface area contributed by atoms with E-state index in [2.05, 4.69) is 6.92 Å². The maximum Gasteiger partial charge on any atom is 0.237 e. The normalized spacial score (nSPS) is 19.7. The van der Waals surface area contributed by atoms with Crippen LogP contribution in [0.3, 0.4) is 0 Å². The average molecular weight is 279 g/mol. The Bertz CT molecular complexity index is 396. The van der Waals surface area contributed by atoms with Crippen molar-refractivity contribution >= 4 is 23.4 Å². The molecule has 0 N–H and O–H groups in total. The molecule has 1 saturated heterocycles. The van der Waals surface area contributed by atoms with E-state index in [1.165, 1.54) is 0 Å². The number of nitrogens with zero attached hydrogens (tertiary/aromatic N) is 1. The third kappa shape index (κ3) is 4.25. The molecular formula is C15H21NO2S. The molecule has 2 rings (SSSR count). The van der Waals surface area contributed by atoms with Crippen molar-refractivity contribution in [1.29, 1.82) is 0 Å². The zero-order valence-electron chi connectivity index (χ0n) is 11.4. The highest BCUT2D eigenvalue weighted by molar-refractivity contribution is 8.00. The smallest absolute Gasteiger partial charge is 0.237 e. The summed E-state index contributed by atoms with van der Waals surface area (Å²) >= 11 is 1.71. The lowest BCUT2D eigenvalue weighted by molar-refractivity contribution is -0.116. The van der Waals surface area contributed by atoms with Crippen molar-refractivity contribution in [3.63, 3.8) is 0 Å². The van der Waals surface area contributed by atoms with Gasteiger partial charge in [-0.25, -0.2) is 0 Å². The maximum atomic E-state index is 12.0.